The van der Waals surface area contributed by atoms with E-state index in [1.807, 2.05) is 17.5 Å². The molecule has 0 saturated carbocycles. The van der Waals surface area contributed by atoms with Crippen molar-refractivity contribution in [3.05, 3.63) is 61.9 Å². The van der Waals surface area contributed by atoms with Crippen LogP contribution in [0.4, 0.5) is 8.78 Å². The molecule has 1 unspecified atom stereocenters. The molecule has 1 amide bonds. The van der Waals surface area contributed by atoms with Crippen LogP contribution in [0.5, 0.6) is 0 Å². The third-order valence-electron chi connectivity index (χ3n) is 4.82. The molecule has 1 aliphatic rings. The molecular weight excluding hydrogens is 474 g/mol. The van der Waals surface area contributed by atoms with Crippen molar-refractivity contribution in [1.82, 2.24) is 15.1 Å². The molecule has 4 rings (SSSR count). The van der Waals surface area contributed by atoms with Gasteiger partial charge in [0.15, 0.2) is 0 Å². The molecule has 3 N–H and O–H groups in total. The van der Waals surface area contributed by atoms with Crippen LogP contribution in [0.25, 0.3) is 11.3 Å². The number of halogens is 3. The molecule has 9 heteroatoms. The fourth-order valence-corrected chi connectivity index (χ4v) is 5.00. The highest BCUT2D eigenvalue weighted by Gasteiger charge is 2.19. The Morgan fingerprint density at radius 2 is 2.20 bits per heavy atom. The van der Waals surface area contributed by atoms with Crippen LogP contribution in [0.3, 0.4) is 0 Å². The third kappa shape index (κ3) is 5.33. The number of fused-ring (bicyclic) bond motifs is 3. The quantitative estimate of drug-likeness (QED) is 0.519. The van der Waals surface area contributed by atoms with Crippen LogP contribution in [0.15, 0.2) is 34.9 Å². The molecular formula is C21H23BrF2N4OS. The van der Waals surface area contributed by atoms with Gasteiger partial charge in [-0.3, -0.25) is 9.48 Å². The van der Waals surface area contributed by atoms with E-state index in [4.69, 9.17) is 5.73 Å². The average molecular weight is 497 g/mol. The number of carbonyl (C=O) groups is 1. The lowest BCUT2D eigenvalue weighted by Crippen LogP contribution is -2.37. The standard InChI is InChI=1S/C11H11BrN2S.C10H12F2N2O/c1-7-5-8-10(15-7)3-2-4-14-11(8)9(12)6-13-14;11-8-1-2-10(12)7(3-8)4-9(5-13)14-6-15/h5-6H,2-4H2,1H3;1-3,6,9H,4-5,13H2,(H,14,15). The number of nitrogens with one attached hydrogen (secondary N) is 1. The molecule has 3 heterocycles. The largest absolute Gasteiger partial charge is 0.354 e. The summed E-state index contributed by atoms with van der Waals surface area (Å²) in [4.78, 5) is 13.1. The Kier molecular flexibility index (Phi) is 7.74. The van der Waals surface area contributed by atoms with Gasteiger partial charge in [0.1, 0.15) is 11.6 Å². The number of thiophene rings is 1. The Morgan fingerprint density at radius 3 is 2.93 bits per heavy atom. The van der Waals surface area contributed by atoms with Crippen molar-refractivity contribution in [2.24, 2.45) is 5.73 Å². The van der Waals surface area contributed by atoms with Crippen molar-refractivity contribution in [2.75, 3.05) is 6.54 Å². The second-order valence-corrected chi connectivity index (χ2v) is 9.21. The molecule has 0 saturated heterocycles. The van der Waals surface area contributed by atoms with Crippen molar-refractivity contribution in [3.63, 3.8) is 0 Å². The van der Waals surface area contributed by atoms with Crippen LogP contribution in [0.1, 0.15) is 21.7 Å². The normalized spacial score (nSPS) is 13.4. The third-order valence-corrected chi connectivity index (χ3v) is 6.51. The van der Waals surface area contributed by atoms with E-state index in [0.29, 0.717) is 6.41 Å². The van der Waals surface area contributed by atoms with E-state index >= 15 is 0 Å². The summed E-state index contributed by atoms with van der Waals surface area (Å²) in [6, 6.07) is 5.11. The first-order chi connectivity index (χ1) is 14.4. The summed E-state index contributed by atoms with van der Waals surface area (Å²) in [5, 5.41) is 6.83. The number of amides is 1. The lowest BCUT2D eigenvalue weighted by molar-refractivity contribution is -0.110. The number of rotatable bonds is 5. The molecule has 1 aliphatic heterocycles. The molecule has 0 bridgehead atoms. The Morgan fingerprint density at radius 1 is 1.40 bits per heavy atom. The van der Waals surface area contributed by atoms with Gasteiger partial charge in [-0.05, 0) is 71.9 Å². The Hall–Kier alpha value is -2.10. The molecule has 1 aromatic carbocycles. The van der Waals surface area contributed by atoms with Crippen molar-refractivity contribution < 1.29 is 13.6 Å². The second kappa shape index (κ2) is 10.3. The molecule has 0 fully saturated rings. The maximum Gasteiger partial charge on any atom is 0.207 e. The van der Waals surface area contributed by atoms with Gasteiger partial charge in [0.25, 0.3) is 0 Å². The molecule has 0 radical (unpaired) electrons. The van der Waals surface area contributed by atoms with Crippen LogP contribution >= 0.6 is 27.3 Å². The van der Waals surface area contributed by atoms with E-state index < -0.39 is 11.6 Å². The smallest absolute Gasteiger partial charge is 0.207 e. The number of hydrogen-bond donors (Lipinski definition) is 2. The van der Waals surface area contributed by atoms with Crippen LogP contribution in [0.2, 0.25) is 0 Å². The highest BCUT2D eigenvalue weighted by Crippen LogP contribution is 2.38. The van der Waals surface area contributed by atoms with Gasteiger partial charge >= 0.3 is 0 Å². The minimum atomic E-state index is -0.506. The summed E-state index contributed by atoms with van der Waals surface area (Å²) in [6.07, 6.45) is 4.95. The Bertz CT molecular complexity index is 1020. The highest BCUT2D eigenvalue weighted by molar-refractivity contribution is 9.10. The zero-order valence-electron chi connectivity index (χ0n) is 16.5. The van der Waals surface area contributed by atoms with Gasteiger partial charge in [0.05, 0.1) is 16.4 Å². The van der Waals surface area contributed by atoms with Gasteiger partial charge in [0, 0.05) is 34.4 Å². The predicted octanol–water partition coefficient (Wildman–Crippen LogP) is 4.21. The highest BCUT2D eigenvalue weighted by atomic mass is 79.9. The van der Waals surface area contributed by atoms with Crippen molar-refractivity contribution in [3.8, 4) is 11.3 Å². The van der Waals surface area contributed by atoms with Crippen molar-refractivity contribution in [1.29, 1.82) is 0 Å². The first-order valence-electron chi connectivity index (χ1n) is 9.57. The number of nitrogens with zero attached hydrogens (tertiary/aromatic N) is 2. The number of benzene rings is 1. The molecule has 0 spiro atoms. The fourth-order valence-electron chi connectivity index (χ4n) is 3.41. The van der Waals surface area contributed by atoms with Gasteiger partial charge in [-0.25, -0.2) is 8.78 Å². The van der Waals surface area contributed by atoms with Crippen LogP contribution in [-0.4, -0.2) is 28.8 Å². The van der Waals surface area contributed by atoms with Crippen LogP contribution in [-0.2, 0) is 24.2 Å². The molecule has 0 aliphatic carbocycles. The molecule has 2 aromatic heterocycles. The summed E-state index contributed by atoms with van der Waals surface area (Å²) in [5.41, 5.74) is 8.20. The number of aromatic nitrogens is 2. The zero-order chi connectivity index (χ0) is 21.7. The van der Waals surface area contributed by atoms with Gasteiger partial charge in [-0.1, -0.05) is 0 Å². The first-order valence-corrected chi connectivity index (χ1v) is 11.2. The van der Waals surface area contributed by atoms with E-state index in [1.165, 1.54) is 33.9 Å². The van der Waals surface area contributed by atoms with Crippen LogP contribution < -0.4 is 11.1 Å². The lowest BCUT2D eigenvalue weighted by atomic mass is 10.1. The molecule has 160 valence electrons. The van der Waals surface area contributed by atoms with Gasteiger partial charge in [-0.2, -0.15) is 5.10 Å². The van der Waals surface area contributed by atoms with E-state index in [0.717, 1.165) is 29.2 Å². The maximum absolute atomic E-state index is 13.2. The number of aryl methyl sites for hydroxylation is 3. The molecule has 5 nitrogen and oxygen atoms in total. The predicted molar refractivity (Wildman–Crippen MR) is 118 cm³/mol. The summed E-state index contributed by atoms with van der Waals surface area (Å²) in [7, 11) is 0. The minimum absolute atomic E-state index is 0.175. The summed E-state index contributed by atoms with van der Waals surface area (Å²) < 4.78 is 29.2. The number of carbonyl (C=O) groups excluding carboxylic acids is 1. The van der Waals surface area contributed by atoms with E-state index in [9.17, 15) is 13.6 Å². The minimum Gasteiger partial charge on any atom is -0.354 e. The number of nitrogens with two attached hydrogens (primary N) is 1. The second-order valence-electron chi connectivity index (χ2n) is 7.02. The Balaban J connectivity index is 0.000000171. The SMILES string of the molecule is Cc1cc2c(s1)CCCn1ncc(Br)c1-2.NCC(Cc1cc(F)ccc1F)NC=O. The maximum atomic E-state index is 13.2. The van der Waals surface area contributed by atoms with E-state index in [1.54, 1.807) is 0 Å². The lowest BCUT2D eigenvalue weighted by Gasteiger charge is -2.13. The fraction of sp³-hybridized carbons (Fsp3) is 0.333. The van der Waals surface area contributed by atoms with Crippen molar-refractivity contribution >= 4 is 33.7 Å². The van der Waals surface area contributed by atoms with E-state index in [2.05, 4.69) is 44.0 Å². The first kappa shape index (κ1) is 22.6. The van der Waals surface area contributed by atoms with Crippen LogP contribution in [0, 0.1) is 18.6 Å². The van der Waals surface area contributed by atoms with Crippen molar-refractivity contribution in [2.45, 2.75) is 38.8 Å². The monoisotopic (exact) mass is 496 g/mol. The van der Waals surface area contributed by atoms with Gasteiger partial charge in [-0.15, -0.1) is 11.3 Å². The number of hydrogen-bond acceptors (Lipinski definition) is 4. The summed E-state index contributed by atoms with van der Waals surface area (Å²) in [5.74, 6) is -1.00. The summed E-state index contributed by atoms with van der Waals surface area (Å²) in [6.45, 7) is 3.38. The molecule has 30 heavy (non-hydrogen) atoms. The molecule has 1 atom stereocenters. The van der Waals surface area contributed by atoms with E-state index in [-0.39, 0.29) is 24.6 Å². The Labute approximate surface area is 186 Å². The molecule has 3 aromatic rings. The van der Waals surface area contributed by atoms with Gasteiger partial charge in [0.2, 0.25) is 6.41 Å². The topological polar surface area (TPSA) is 72.9 Å². The zero-order valence-corrected chi connectivity index (χ0v) is 18.9. The average Bonchev–Trinajstić information content (AvgIpc) is 3.21. The summed E-state index contributed by atoms with van der Waals surface area (Å²) >= 11 is 5.50. The van der Waals surface area contributed by atoms with Gasteiger partial charge < -0.3 is 11.1 Å².